The quantitative estimate of drug-likeness (QED) is 0.692. The Balaban J connectivity index is 1.65. The number of benzene rings is 1. The summed E-state index contributed by atoms with van der Waals surface area (Å²) in [5.41, 5.74) is 1.98. The van der Waals surface area contributed by atoms with Crippen LogP contribution in [0.4, 0.5) is 9.39 Å². The number of rotatable bonds is 8. The second-order valence-corrected chi connectivity index (χ2v) is 7.58. The van der Waals surface area contributed by atoms with Crippen LogP contribution in [0.25, 0.3) is 0 Å². The number of anilines is 1. The lowest BCUT2D eigenvalue weighted by Crippen LogP contribution is -2.30. The van der Waals surface area contributed by atoms with Gasteiger partial charge in [0, 0.05) is 12.1 Å². The van der Waals surface area contributed by atoms with Crippen LogP contribution in [0.1, 0.15) is 47.2 Å². The van der Waals surface area contributed by atoms with Crippen molar-refractivity contribution >= 4 is 28.2 Å². The molecule has 7 heteroatoms. The molecule has 0 unspecified atom stereocenters. The van der Waals surface area contributed by atoms with E-state index in [1.165, 1.54) is 17.4 Å². The van der Waals surface area contributed by atoms with Crippen molar-refractivity contribution in [3.63, 3.8) is 0 Å². The standard InChI is InChI=1S/C20H23FN2O3S/c1-3-26-20(25)18-15(13-8-9-13)12-27-19(18)22-17(24)11-23(2)10-14-6-4-5-7-16(14)21/h4-7,12-13H,3,8-11H2,1-2H3,(H,22,24). The Morgan fingerprint density at radius 1 is 1.33 bits per heavy atom. The third-order valence-electron chi connectivity index (χ3n) is 4.38. The molecule has 0 aliphatic heterocycles. The molecule has 1 aliphatic rings. The zero-order valence-corrected chi connectivity index (χ0v) is 16.3. The molecule has 1 saturated carbocycles. The molecule has 0 spiro atoms. The zero-order valence-electron chi connectivity index (χ0n) is 15.5. The molecule has 1 aliphatic carbocycles. The van der Waals surface area contributed by atoms with E-state index in [-0.39, 0.29) is 24.9 Å². The van der Waals surface area contributed by atoms with Gasteiger partial charge in [-0.3, -0.25) is 9.69 Å². The second-order valence-electron chi connectivity index (χ2n) is 6.70. The summed E-state index contributed by atoms with van der Waals surface area (Å²) in [4.78, 5) is 26.5. The molecule has 1 aromatic carbocycles. The number of amides is 1. The molecule has 2 aromatic rings. The average Bonchev–Trinajstić information content (AvgIpc) is 3.38. The van der Waals surface area contributed by atoms with Crippen molar-refractivity contribution in [1.82, 2.24) is 4.90 Å². The van der Waals surface area contributed by atoms with Gasteiger partial charge in [-0.25, -0.2) is 9.18 Å². The van der Waals surface area contributed by atoms with E-state index in [2.05, 4.69) is 5.32 Å². The number of halogens is 1. The van der Waals surface area contributed by atoms with Gasteiger partial charge in [0.15, 0.2) is 0 Å². The van der Waals surface area contributed by atoms with Gasteiger partial charge in [0.1, 0.15) is 10.8 Å². The molecule has 0 bridgehead atoms. The number of ether oxygens (including phenoxy) is 1. The van der Waals surface area contributed by atoms with E-state index in [1.807, 2.05) is 5.38 Å². The largest absolute Gasteiger partial charge is 0.462 e. The minimum Gasteiger partial charge on any atom is -0.462 e. The van der Waals surface area contributed by atoms with Crippen LogP contribution in [0.15, 0.2) is 29.6 Å². The van der Waals surface area contributed by atoms with Crippen LogP contribution in [0.3, 0.4) is 0 Å². The Bertz CT molecular complexity index is 832. The number of nitrogens with zero attached hydrogens (tertiary/aromatic N) is 1. The summed E-state index contributed by atoms with van der Waals surface area (Å²) in [5.74, 6) is -0.545. The fraction of sp³-hybridized carbons (Fsp3) is 0.400. The maximum atomic E-state index is 13.8. The Morgan fingerprint density at radius 3 is 2.74 bits per heavy atom. The average molecular weight is 390 g/mol. The molecule has 1 amide bonds. The topological polar surface area (TPSA) is 58.6 Å². The first kappa shape index (κ1) is 19.5. The van der Waals surface area contributed by atoms with Gasteiger partial charge >= 0.3 is 5.97 Å². The van der Waals surface area contributed by atoms with Gasteiger partial charge < -0.3 is 10.1 Å². The molecule has 0 radical (unpaired) electrons. The number of carbonyl (C=O) groups is 2. The molecule has 1 N–H and O–H groups in total. The van der Waals surface area contributed by atoms with Crippen LogP contribution in [-0.2, 0) is 16.1 Å². The Hall–Kier alpha value is -2.25. The van der Waals surface area contributed by atoms with Crippen molar-refractivity contribution in [3.05, 3.63) is 52.2 Å². The molecule has 0 saturated heterocycles. The Labute approximate surface area is 162 Å². The zero-order chi connectivity index (χ0) is 19.4. The molecule has 3 rings (SSSR count). The number of likely N-dealkylation sites (N-methyl/N-ethyl adjacent to an activating group) is 1. The molecular formula is C20H23FN2O3S. The summed E-state index contributed by atoms with van der Waals surface area (Å²) >= 11 is 1.35. The van der Waals surface area contributed by atoms with Crippen molar-refractivity contribution in [2.24, 2.45) is 0 Å². The van der Waals surface area contributed by atoms with Crippen molar-refractivity contribution in [2.75, 3.05) is 25.5 Å². The minimum atomic E-state index is -0.393. The number of carbonyl (C=O) groups excluding carboxylic acids is 2. The van der Waals surface area contributed by atoms with Gasteiger partial charge in [-0.15, -0.1) is 11.3 Å². The maximum absolute atomic E-state index is 13.8. The molecule has 144 valence electrons. The summed E-state index contributed by atoms with van der Waals surface area (Å²) in [6.45, 7) is 2.46. The normalized spacial score (nSPS) is 13.6. The highest BCUT2D eigenvalue weighted by Gasteiger charge is 2.32. The number of nitrogens with one attached hydrogen (secondary N) is 1. The lowest BCUT2D eigenvalue weighted by molar-refractivity contribution is -0.117. The van der Waals surface area contributed by atoms with Crippen molar-refractivity contribution in [1.29, 1.82) is 0 Å². The summed E-state index contributed by atoms with van der Waals surface area (Å²) in [6, 6.07) is 6.50. The van der Waals surface area contributed by atoms with Gasteiger partial charge in [-0.05, 0) is 49.7 Å². The fourth-order valence-corrected chi connectivity index (χ4v) is 4.00. The summed E-state index contributed by atoms with van der Waals surface area (Å²) < 4.78 is 18.9. The van der Waals surface area contributed by atoms with E-state index >= 15 is 0 Å². The van der Waals surface area contributed by atoms with Crippen LogP contribution >= 0.6 is 11.3 Å². The molecule has 27 heavy (non-hydrogen) atoms. The van der Waals surface area contributed by atoms with Gasteiger partial charge in [-0.1, -0.05) is 18.2 Å². The highest BCUT2D eigenvalue weighted by atomic mass is 32.1. The predicted molar refractivity (Wildman–Crippen MR) is 104 cm³/mol. The van der Waals surface area contributed by atoms with Crippen molar-refractivity contribution < 1.29 is 18.7 Å². The van der Waals surface area contributed by atoms with Crippen LogP contribution < -0.4 is 5.32 Å². The van der Waals surface area contributed by atoms with Crippen LogP contribution in [0.2, 0.25) is 0 Å². The maximum Gasteiger partial charge on any atom is 0.341 e. The van der Waals surface area contributed by atoms with Gasteiger partial charge in [0.05, 0.1) is 18.7 Å². The monoisotopic (exact) mass is 390 g/mol. The summed E-state index contributed by atoms with van der Waals surface area (Å²) in [6.07, 6.45) is 2.11. The molecule has 5 nitrogen and oxygen atoms in total. The summed E-state index contributed by atoms with van der Waals surface area (Å²) in [5, 5.41) is 5.29. The number of hydrogen-bond acceptors (Lipinski definition) is 5. The van der Waals surface area contributed by atoms with Crippen molar-refractivity contribution in [2.45, 2.75) is 32.2 Å². The highest BCUT2D eigenvalue weighted by Crippen LogP contribution is 2.46. The Morgan fingerprint density at radius 2 is 2.07 bits per heavy atom. The second kappa shape index (κ2) is 8.63. The van der Waals surface area contributed by atoms with Gasteiger partial charge in [-0.2, -0.15) is 0 Å². The molecule has 1 heterocycles. The minimum absolute atomic E-state index is 0.0905. The van der Waals surface area contributed by atoms with E-state index in [1.54, 1.807) is 37.1 Å². The predicted octanol–water partition coefficient (Wildman–Crippen LogP) is 4.01. The highest BCUT2D eigenvalue weighted by molar-refractivity contribution is 7.15. The lowest BCUT2D eigenvalue weighted by atomic mass is 10.1. The van der Waals surface area contributed by atoms with Crippen molar-refractivity contribution in [3.8, 4) is 0 Å². The molecular weight excluding hydrogens is 367 g/mol. The van der Waals surface area contributed by atoms with Crippen LogP contribution in [0.5, 0.6) is 0 Å². The molecule has 1 fully saturated rings. The first-order valence-corrected chi connectivity index (χ1v) is 9.87. The Kier molecular flexibility index (Phi) is 6.23. The number of hydrogen-bond donors (Lipinski definition) is 1. The van der Waals surface area contributed by atoms with Gasteiger partial charge in [0.25, 0.3) is 0 Å². The van der Waals surface area contributed by atoms with E-state index in [4.69, 9.17) is 4.74 Å². The van der Waals surface area contributed by atoms with Crippen LogP contribution in [-0.4, -0.2) is 37.0 Å². The van der Waals surface area contributed by atoms with E-state index in [9.17, 15) is 14.0 Å². The summed E-state index contributed by atoms with van der Waals surface area (Å²) in [7, 11) is 1.75. The van der Waals surface area contributed by atoms with Gasteiger partial charge in [0.2, 0.25) is 5.91 Å². The third kappa shape index (κ3) is 4.93. The van der Waals surface area contributed by atoms with E-state index in [0.717, 1.165) is 18.4 Å². The number of thiophene rings is 1. The fourth-order valence-electron chi connectivity index (χ4n) is 2.96. The van der Waals surface area contributed by atoms with E-state index in [0.29, 0.717) is 28.6 Å². The van der Waals surface area contributed by atoms with E-state index < -0.39 is 5.97 Å². The first-order valence-electron chi connectivity index (χ1n) is 8.99. The smallest absolute Gasteiger partial charge is 0.341 e. The molecule has 1 aromatic heterocycles. The number of esters is 1. The SMILES string of the molecule is CCOC(=O)c1c(C2CC2)csc1NC(=O)CN(C)Cc1ccccc1F. The molecule has 0 atom stereocenters. The third-order valence-corrected chi connectivity index (χ3v) is 5.29. The first-order chi connectivity index (χ1) is 13.0. The lowest BCUT2D eigenvalue weighted by Gasteiger charge is -2.17. The van der Waals surface area contributed by atoms with Crippen LogP contribution in [0, 0.1) is 5.82 Å².